The van der Waals surface area contributed by atoms with Gasteiger partial charge in [0.1, 0.15) is 0 Å². The second-order valence-corrected chi connectivity index (χ2v) is 7.23. The zero-order valence-electron chi connectivity index (χ0n) is 11.3. The smallest absolute Gasteiger partial charge is 0.214 e. The van der Waals surface area contributed by atoms with Gasteiger partial charge in [0.2, 0.25) is 10.0 Å². The monoisotopic (exact) mass is 262 g/mol. The first-order valence-corrected chi connectivity index (χ1v) is 8.28. The Morgan fingerprint density at radius 3 is 2.35 bits per heavy atom. The fourth-order valence-corrected chi connectivity index (χ4v) is 4.54. The van der Waals surface area contributed by atoms with E-state index in [-0.39, 0.29) is 17.7 Å². The summed E-state index contributed by atoms with van der Waals surface area (Å²) in [5.74, 6) is 0.470. The van der Waals surface area contributed by atoms with Crippen molar-refractivity contribution in [3.8, 4) is 0 Å². The van der Waals surface area contributed by atoms with Crippen molar-refractivity contribution in [3.05, 3.63) is 0 Å². The molecular weight excluding hydrogens is 236 g/mol. The van der Waals surface area contributed by atoms with Crippen LogP contribution in [0.2, 0.25) is 0 Å². The van der Waals surface area contributed by atoms with Gasteiger partial charge in [0.05, 0.1) is 5.75 Å². The molecule has 0 aliphatic carbocycles. The minimum atomic E-state index is -3.08. The third kappa shape index (κ3) is 4.56. The molecule has 0 aromatic heterocycles. The van der Waals surface area contributed by atoms with Crippen LogP contribution in [-0.4, -0.2) is 44.2 Å². The van der Waals surface area contributed by atoms with Crippen molar-refractivity contribution in [2.45, 2.75) is 46.1 Å². The van der Waals surface area contributed by atoms with Gasteiger partial charge in [0.25, 0.3) is 0 Å². The average Bonchev–Trinajstić information content (AvgIpc) is 2.25. The molecule has 0 spiro atoms. The molecule has 1 heterocycles. The number of hydrogen-bond acceptors (Lipinski definition) is 3. The van der Waals surface area contributed by atoms with Crippen LogP contribution in [0, 0.1) is 5.92 Å². The maximum Gasteiger partial charge on any atom is 0.214 e. The predicted molar refractivity (Wildman–Crippen MR) is 71.5 cm³/mol. The Kier molecular flexibility index (Phi) is 5.89. The third-order valence-electron chi connectivity index (χ3n) is 3.06. The summed E-state index contributed by atoms with van der Waals surface area (Å²) in [5, 5.41) is 3.28. The summed E-state index contributed by atoms with van der Waals surface area (Å²) >= 11 is 0. The summed E-state index contributed by atoms with van der Waals surface area (Å²) < 4.78 is 26.4. The third-order valence-corrected chi connectivity index (χ3v) is 5.34. The highest BCUT2D eigenvalue weighted by molar-refractivity contribution is 7.89. The molecule has 5 heteroatoms. The second-order valence-electron chi connectivity index (χ2n) is 5.26. The maximum atomic E-state index is 12.3. The maximum absolute atomic E-state index is 12.3. The van der Waals surface area contributed by atoms with Crippen molar-refractivity contribution in [1.29, 1.82) is 0 Å². The Balaban J connectivity index is 2.75. The summed E-state index contributed by atoms with van der Waals surface area (Å²) in [6.45, 7) is 8.50. The molecule has 0 saturated carbocycles. The predicted octanol–water partition coefficient (Wildman–Crippen LogP) is 1.44. The molecule has 17 heavy (non-hydrogen) atoms. The van der Waals surface area contributed by atoms with Gasteiger partial charge in [-0.2, -0.15) is 4.31 Å². The molecular formula is C12H26N2O2S. The first-order valence-electron chi connectivity index (χ1n) is 6.67. The van der Waals surface area contributed by atoms with E-state index >= 15 is 0 Å². The van der Waals surface area contributed by atoms with Crippen molar-refractivity contribution in [2.75, 3.05) is 25.4 Å². The van der Waals surface area contributed by atoms with Crippen LogP contribution in [-0.2, 0) is 10.0 Å². The fourth-order valence-electron chi connectivity index (χ4n) is 2.38. The van der Waals surface area contributed by atoms with Crippen LogP contribution in [0.1, 0.15) is 40.0 Å². The van der Waals surface area contributed by atoms with Gasteiger partial charge in [-0.15, -0.1) is 0 Å². The van der Waals surface area contributed by atoms with Gasteiger partial charge in [-0.3, -0.25) is 0 Å². The Morgan fingerprint density at radius 1 is 1.29 bits per heavy atom. The molecule has 1 aliphatic rings. The minimum Gasteiger partial charge on any atom is -0.317 e. The Morgan fingerprint density at radius 2 is 1.88 bits per heavy atom. The molecule has 1 fully saturated rings. The van der Waals surface area contributed by atoms with E-state index < -0.39 is 10.0 Å². The number of piperidine rings is 1. The summed E-state index contributed by atoms with van der Waals surface area (Å²) in [5.41, 5.74) is 0. The van der Waals surface area contributed by atoms with Crippen LogP contribution in [0.4, 0.5) is 0 Å². The molecule has 0 radical (unpaired) electrons. The number of nitrogens with one attached hydrogen (secondary N) is 1. The molecule has 0 atom stereocenters. The van der Waals surface area contributed by atoms with E-state index in [0.717, 1.165) is 32.4 Å². The molecule has 1 N–H and O–H groups in total. The molecule has 0 bridgehead atoms. The second kappa shape index (κ2) is 6.71. The molecule has 102 valence electrons. The first kappa shape index (κ1) is 14.9. The fraction of sp³-hybridized carbons (Fsp3) is 1.00. The number of nitrogens with zero attached hydrogens (tertiary/aromatic N) is 1. The van der Waals surface area contributed by atoms with Crippen LogP contribution >= 0.6 is 0 Å². The van der Waals surface area contributed by atoms with Crippen LogP contribution in [0.25, 0.3) is 0 Å². The van der Waals surface area contributed by atoms with Crippen molar-refractivity contribution in [3.63, 3.8) is 0 Å². The van der Waals surface area contributed by atoms with Crippen molar-refractivity contribution < 1.29 is 8.42 Å². The van der Waals surface area contributed by atoms with E-state index in [4.69, 9.17) is 0 Å². The summed E-state index contributed by atoms with van der Waals surface area (Å²) in [4.78, 5) is 0. The zero-order chi connectivity index (χ0) is 12.9. The minimum absolute atomic E-state index is 0.195. The number of sulfonamides is 1. The standard InChI is InChI=1S/C12H26N2O2S/c1-4-9-14(12-5-7-13-8-6-12)17(15,16)10-11(2)3/h11-13H,4-10H2,1-3H3. The topological polar surface area (TPSA) is 49.4 Å². The summed E-state index contributed by atoms with van der Waals surface area (Å²) in [6.07, 6.45) is 2.77. The van der Waals surface area contributed by atoms with Crippen molar-refractivity contribution in [2.24, 2.45) is 5.92 Å². The van der Waals surface area contributed by atoms with Gasteiger partial charge in [-0.05, 0) is 38.3 Å². The highest BCUT2D eigenvalue weighted by atomic mass is 32.2. The number of rotatable bonds is 6. The van der Waals surface area contributed by atoms with Gasteiger partial charge in [-0.25, -0.2) is 8.42 Å². The van der Waals surface area contributed by atoms with Crippen LogP contribution < -0.4 is 5.32 Å². The summed E-state index contributed by atoms with van der Waals surface area (Å²) in [6, 6.07) is 0.208. The lowest BCUT2D eigenvalue weighted by Crippen LogP contribution is -2.47. The lowest BCUT2D eigenvalue weighted by Gasteiger charge is -2.34. The van der Waals surface area contributed by atoms with E-state index in [9.17, 15) is 8.42 Å². The quantitative estimate of drug-likeness (QED) is 0.788. The van der Waals surface area contributed by atoms with E-state index in [1.165, 1.54) is 0 Å². The normalized spacial score (nSPS) is 19.1. The molecule has 0 aromatic carbocycles. The Labute approximate surface area is 106 Å². The highest BCUT2D eigenvalue weighted by Gasteiger charge is 2.30. The van der Waals surface area contributed by atoms with Crippen molar-refractivity contribution >= 4 is 10.0 Å². The van der Waals surface area contributed by atoms with Crippen LogP contribution in [0.15, 0.2) is 0 Å². The van der Waals surface area contributed by atoms with E-state index in [2.05, 4.69) is 5.32 Å². The molecule has 1 aliphatic heterocycles. The summed E-state index contributed by atoms with van der Waals surface area (Å²) in [7, 11) is -3.08. The van der Waals surface area contributed by atoms with Gasteiger partial charge in [0.15, 0.2) is 0 Å². The largest absolute Gasteiger partial charge is 0.317 e. The van der Waals surface area contributed by atoms with Gasteiger partial charge in [0, 0.05) is 12.6 Å². The average molecular weight is 262 g/mol. The zero-order valence-corrected chi connectivity index (χ0v) is 12.1. The van der Waals surface area contributed by atoms with Gasteiger partial charge >= 0.3 is 0 Å². The molecule has 0 aromatic rings. The lowest BCUT2D eigenvalue weighted by molar-refractivity contribution is 0.261. The lowest BCUT2D eigenvalue weighted by atomic mass is 10.1. The van der Waals surface area contributed by atoms with E-state index in [0.29, 0.717) is 6.54 Å². The molecule has 1 rings (SSSR count). The Hall–Kier alpha value is -0.130. The first-order chi connectivity index (χ1) is 7.97. The van der Waals surface area contributed by atoms with Crippen molar-refractivity contribution in [1.82, 2.24) is 9.62 Å². The number of hydrogen-bond donors (Lipinski definition) is 1. The molecule has 0 amide bonds. The van der Waals surface area contributed by atoms with Crippen LogP contribution in [0.3, 0.4) is 0 Å². The van der Waals surface area contributed by atoms with E-state index in [1.54, 1.807) is 4.31 Å². The van der Waals surface area contributed by atoms with Gasteiger partial charge in [-0.1, -0.05) is 20.8 Å². The highest BCUT2D eigenvalue weighted by Crippen LogP contribution is 2.18. The Bertz CT molecular complexity index is 308. The molecule has 1 saturated heterocycles. The van der Waals surface area contributed by atoms with E-state index in [1.807, 2.05) is 20.8 Å². The SMILES string of the molecule is CCCN(C1CCNCC1)S(=O)(=O)CC(C)C. The molecule has 0 unspecified atom stereocenters. The molecule has 4 nitrogen and oxygen atoms in total. The van der Waals surface area contributed by atoms with Gasteiger partial charge < -0.3 is 5.32 Å². The van der Waals surface area contributed by atoms with Crippen LogP contribution in [0.5, 0.6) is 0 Å².